The summed E-state index contributed by atoms with van der Waals surface area (Å²) in [6.07, 6.45) is 0. The van der Waals surface area contributed by atoms with Gasteiger partial charge in [-0.25, -0.2) is 0 Å². The van der Waals surface area contributed by atoms with E-state index in [9.17, 15) is 4.79 Å². The SMILES string of the molecule is CCN(CC)CCNC(=O)[13c]1[13cH][13c](Cl)[13c](N)[13cH][13c]1OC. The highest BCUT2D eigenvalue weighted by molar-refractivity contribution is 6.33. The molecule has 0 atom stereocenters. The van der Waals surface area contributed by atoms with Crippen molar-refractivity contribution in [3.8, 4) is 5.75 Å². The zero-order valence-electron chi connectivity index (χ0n) is 12.2. The number of rotatable bonds is 7. The highest BCUT2D eigenvalue weighted by atomic mass is 35.5. The van der Waals surface area contributed by atoms with Crippen LogP contribution in [0.2, 0.25) is 5.02 Å². The minimum atomic E-state index is -0.212. The van der Waals surface area contributed by atoms with Crippen LogP contribution in [0.1, 0.15) is 24.2 Å². The van der Waals surface area contributed by atoms with Gasteiger partial charge in [0.1, 0.15) is 5.75 Å². The van der Waals surface area contributed by atoms with Crippen molar-refractivity contribution in [1.82, 2.24) is 10.2 Å². The molecule has 1 rings (SSSR count). The smallest absolute Gasteiger partial charge is 0.255 e. The van der Waals surface area contributed by atoms with Crippen molar-refractivity contribution in [3.05, 3.63) is 22.7 Å². The Bertz CT molecular complexity index is 462. The third kappa shape index (κ3) is 4.28. The van der Waals surface area contributed by atoms with E-state index in [1.165, 1.54) is 13.2 Å². The lowest BCUT2D eigenvalue weighted by Crippen LogP contribution is -2.34. The quantitative estimate of drug-likeness (QED) is 0.756. The largest absolute Gasteiger partial charge is 0.496 e. The number of nitrogen functional groups attached to an aromatic ring is 1. The molecule has 0 fully saturated rings. The van der Waals surface area contributed by atoms with Crippen LogP contribution in [0.4, 0.5) is 5.69 Å². The van der Waals surface area contributed by atoms with Crippen molar-refractivity contribution in [3.63, 3.8) is 0 Å². The Balaban J connectivity index is 2.70. The number of anilines is 1. The van der Waals surface area contributed by atoms with Crippen LogP contribution in [0.25, 0.3) is 0 Å². The molecular formula is C14H22ClN3O2. The first-order chi connectivity index (χ1) is 9.53. The first-order valence-corrected chi connectivity index (χ1v) is 7.04. The Morgan fingerprint density at radius 1 is 1.40 bits per heavy atom. The van der Waals surface area contributed by atoms with Crippen molar-refractivity contribution in [2.75, 3.05) is 39.0 Å². The minimum absolute atomic E-state index is 0.212. The maximum absolute atomic E-state index is 12.1. The molecular weight excluding hydrogens is 284 g/mol. The Morgan fingerprint density at radius 2 is 2.05 bits per heavy atom. The lowest BCUT2D eigenvalue weighted by molar-refractivity contribution is 0.0946. The van der Waals surface area contributed by atoms with Crippen LogP contribution in [-0.2, 0) is 0 Å². The fourth-order valence-electron chi connectivity index (χ4n) is 1.88. The number of benzene rings is 1. The van der Waals surface area contributed by atoms with Gasteiger partial charge in [0.05, 0.1) is 23.4 Å². The predicted molar refractivity (Wildman–Crippen MR) is 82.5 cm³/mol. The standard InChI is InChI=1S/C14H22ClN3O2/c1-4-18(5-2)7-6-17-14(19)10-8-11(15)12(16)9-13(10)20-3/h8-9H,4-7,16H2,1-3H3,(H,17,19)/i8+1,9+1,10+1,11+1,12+1,13+1. The topological polar surface area (TPSA) is 67.6 Å². The molecule has 20 heavy (non-hydrogen) atoms. The molecule has 1 aromatic carbocycles. The molecule has 0 bridgehead atoms. The van der Waals surface area contributed by atoms with E-state index >= 15 is 0 Å². The van der Waals surface area contributed by atoms with E-state index < -0.39 is 0 Å². The fourth-order valence-corrected chi connectivity index (χ4v) is 2.04. The lowest BCUT2D eigenvalue weighted by atomic mass is 10.4. The number of amides is 1. The van der Waals surface area contributed by atoms with E-state index in [0.717, 1.165) is 19.6 Å². The number of nitrogens with two attached hydrogens (primary N) is 1. The maximum atomic E-state index is 12.1. The van der Waals surface area contributed by atoms with Gasteiger partial charge in [0, 0.05) is 19.2 Å². The molecule has 0 radical (unpaired) electrons. The van der Waals surface area contributed by atoms with Crippen molar-refractivity contribution >= 4 is 23.2 Å². The van der Waals surface area contributed by atoms with Gasteiger partial charge in [-0.3, -0.25) is 4.79 Å². The monoisotopic (exact) mass is 305 g/mol. The third-order valence-corrected chi connectivity index (χ3v) is 3.50. The summed E-state index contributed by atoms with van der Waals surface area (Å²) in [6, 6.07) is 3.09. The van der Waals surface area contributed by atoms with E-state index in [4.69, 9.17) is 22.1 Å². The van der Waals surface area contributed by atoms with Crippen molar-refractivity contribution in [2.24, 2.45) is 0 Å². The van der Waals surface area contributed by atoms with Gasteiger partial charge in [-0.1, -0.05) is 25.4 Å². The molecule has 0 heterocycles. The van der Waals surface area contributed by atoms with Gasteiger partial charge in [0.25, 0.3) is 5.91 Å². The number of ether oxygens (including phenoxy) is 1. The summed E-state index contributed by atoms with van der Waals surface area (Å²) in [6.45, 7) is 7.49. The predicted octanol–water partition coefficient (Wildman–Crippen LogP) is 2.00. The van der Waals surface area contributed by atoms with E-state index in [1.807, 2.05) is 0 Å². The second-order valence-corrected chi connectivity index (χ2v) is 4.76. The number of carbonyl (C=O) groups excluding carboxylic acids is 1. The zero-order chi connectivity index (χ0) is 15.1. The first-order valence-electron chi connectivity index (χ1n) is 6.67. The van der Waals surface area contributed by atoms with Crippen molar-refractivity contribution in [2.45, 2.75) is 13.8 Å². The highest BCUT2D eigenvalue weighted by Crippen LogP contribution is 2.28. The van der Waals surface area contributed by atoms with Crippen LogP contribution in [-0.4, -0.2) is 44.1 Å². The Morgan fingerprint density at radius 3 is 2.60 bits per heavy atom. The molecule has 5 nitrogen and oxygen atoms in total. The summed E-state index contributed by atoms with van der Waals surface area (Å²) in [4.78, 5) is 14.4. The summed E-state index contributed by atoms with van der Waals surface area (Å²) in [5.41, 5.74) is 6.48. The zero-order valence-corrected chi connectivity index (χ0v) is 13.0. The average molecular weight is 306 g/mol. The van der Waals surface area contributed by atoms with Crippen LogP contribution in [0, 0.1) is 0 Å². The molecule has 0 aromatic heterocycles. The number of hydrogen-bond acceptors (Lipinski definition) is 4. The lowest BCUT2D eigenvalue weighted by Gasteiger charge is -2.18. The molecule has 0 spiro atoms. The van der Waals surface area contributed by atoms with Gasteiger partial charge in [0.2, 0.25) is 0 Å². The summed E-state index contributed by atoms with van der Waals surface area (Å²) in [5.74, 6) is 0.211. The molecule has 0 aliphatic heterocycles. The number of nitrogens with zero attached hydrogens (tertiary/aromatic N) is 1. The summed E-state index contributed by atoms with van der Waals surface area (Å²) in [7, 11) is 1.50. The number of hydrogen-bond donors (Lipinski definition) is 2. The molecule has 6 heteroatoms. The van der Waals surface area contributed by atoms with Crippen molar-refractivity contribution in [1.29, 1.82) is 0 Å². The van der Waals surface area contributed by atoms with Crippen LogP contribution < -0.4 is 15.8 Å². The molecule has 0 saturated carbocycles. The molecule has 1 amide bonds. The molecule has 112 valence electrons. The molecule has 0 aliphatic rings. The van der Waals surface area contributed by atoms with E-state index in [1.54, 1.807) is 6.07 Å². The third-order valence-electron chi connectivity index (χ3n) is 3.17. The number of nitrogens with one attached hydrogen (secondary N) is 1. The van der Waals surface area contributed by atoms with E-state index in [-0.39, 0.29) is 5.91 Å². The molecule has 0 aliphatic carbocycles. The fraction of sp³-hybridized carbons (Fsp3) is 0.500. The van der Waals surface area contributed by atoms with Gasteiger partial charge < -0.3 is 20.7 Å². The minimum Gasteiger partial charge on any atom is -0.496 e. The van der Waals surface area contributed by atoms with Crippen molar-refractivity contribution < 1.29 is 9.53 Å². The Kier molecular flexibility index (Phi) is 6.61. The van der Waals surface area contributed by atoms with E-state index in [2.05, 4.69) is 24.1 Å². The van der Waals surface area contributed by atoms with Gasteiger partial charge in [0.15, 0.2) is 0 Å². The maximum Gasteiger partial charge on any atom is 0.255 e. The van der Waals surface area contributed by atoms with Gasteiger partial charge in [-0.05, 0) is 19.2 Å². The Labute approximate surface area is 125 Å². The first kappa shape index (κ1) is 16.6. The summed E-state index contributed by atoms with van der Waals surface area (Å²) >= 11 is 5.95. The van der Waals surface area contributed by atoms with Gasteiger partial charge in [-0.2, -0.15) is 0 Å². The number of likely N-dealkylation sites (N-methyl/N-ethyl adjacent to an activating group) is 1. The highest BCUT2D eigenvalue weighted by Gasteiger charge is 2.14. The summed E-state index contributed by atoms with van der Waals surface area (Å²) < 4.78 is 5.16. The summed E-state index contributed by atoms with van der Waals surface area (Å²) in [5, 5.41) is 3.21. The van der Waals surface area contributed by atoms with Crippen LogP contribution >= 0.6 is 11.6 Å². The van der Waals surface area contributed by atoms with E-state index in [0.29, 0.717) is 28.6 Å². The normalized spacial score (nSPS) is 10.7. The number of methoxy groups -OCH3 is 1. The van der Waals surface area contributed by atoms with Gasteiger partial charge >= 0.3 is 0 Å². The molecule has 1 aromatic rings. The van der Waals surface area contributed by atoms with Crippen LogP contribution in [0.5, 0.6) is 5.75 Å². The average Bonchev–Trinajstić information content (AvgIpc) is 2.45. The molecule has 0 saturated heterocycles. The number of halogens is 1. The van der Waals surface area contributed by atoms with Crippen LogP contribution in [0.3, 0.4) is 0 Å². The van der Waals surface area contributed by atoms with Crippen LogP contribution in [0.15, 0.2) is 12.1 Å². The van der Waals surface area contributed by atoms with Gasteiger partial charge in [-0.15, -0.1) is 0 Å². The molecule has 3 N–H and O–H groups in total. The second-order valence-electron chi connectivity index (χ2n) is 4.36. The second kappa shape index (κ2) is 7.97. The molecule has 0 unspecified atom stereocenters. The Hall–Kier alpha value is -1.46. The number of carbonyl (C=O) groups is 1.